The molecule has 0 spiro atoms. The van der Waals surface area contributed by atoms with Crippen LogP contribution in [0.5, 0.6) is 0 Å². The molecule has 0 aromatic carbocycles. The number of carbonyl (C=O) groups excluding carboxylic acids is 1. The molecular formula is C21H23N11O5. The normalized spacial score (nSPS) is 21.7. The summed E-state index contributed by atoms with van der Waals surface area (Å²) in [5, 5.41) is 43.4. The average molecular weight is 509 g/mol. The Labute approximate surface area is 208 Å². The van der Waals surface area contributed by atoms with Crippen molar-refractivity contribution < 1.29 is 25.0 Å². The molecule has 0 radical (unpaired) electrons. The third-order valence-electron chi connectivity index (χ3n) is 5.77. The molecule has 0 saturated carbocycles. The largest absolute Gasteiger partial charge is 0.411 e. The molecule has 16 nitrogen and oxygen atoms in total. The molecule has 192 valence electrons. The highest BCUT2D eigenvalue weighted by Crippen LogP contribution is 2.32. The number of oxime groups is 1. The number of fused-ring (bicyclic) bond motifs is 1. The molecule has 1 amide bonds. The molecule has 1 aliphatic rings. The van der Waals surface area contributed by atoms with Gasteiger partial charge >= 0.3 is 0 Å². The van der Waals surface area contributed by atoms with E-state index < -0.39 is 30.4 Å². The Kier molecular flexibility index (Phi) is 6.67. The van der Waals surface area contributed by atoms with Crippen LogP contribution in [0.1, 0.15) is 23.3 Å². The number of hydrogen-bond acceptors (Lipinski definition) is 13. The number of aliphatic hydroxyl groups is 2. The van der Waals surface area contributed by atoms with Crippen LogP contribution in [0.3, 0.4) is 0 Å². The number of imidazole rings is 1. The van der Waals surface area contributed by atoms with E-state index in [2.05, 4.69) is 40.7 Å². The highest BCUT2D eigenvalue weighted by Gasteiger charge is 2.47. The van der Waals surface area contributed by atoms with Gasteiger partial charge in [0, 0.05) is 19.2 Å². The lowest BCUT2D eigenvalue weighted by Crippen LogP contribution is -2.43. The summed E-state index contributed by atoms with van der Waals surface area (Å²) in [4.78, 5) is 29.1. The van der Waals surface area contributed by atoms with Gasteiger partial charge in [0.15, 0.2) is 23.8 Å². The predicted octanol–water partition coefficient (Wildman–Crippen LogP) is -1.77. The van der Waals surface area contributed by atoms with Gasteiger partial charge in [-0.05, 0) is 12.1 Å². The number of nitrogen functional groups attached to an aromatic ring is 1. The summed E-state index contributed by atoms with van der Waals surface area (Å²) in [5.74, 6) is -0.435. The average Bonchev–Trinajstić information content (AvgIpc) is 3.59. The van der Waals surface area contributed by atoms with Gasteiger partial charge in [0.1, 0.15) is 24.1 Å². The monoisotopic (exact) mass is 509 g/mol. The molecule has 4 atom stereocenters. The number of pyridine rings is 1. The summed E-state index contributed by atoms with van der Waals surface area (Å²) in [6, 6.07) is 5.29. The first-order valence-corrected chi connectivity index (χ1v) is 11.2. The maximum absolute atomic E-state index is 12.7. The summed E-state index contributed by atoms with van der Waals surface area (Å²) in [5.41, 5.74) is 8.24. The lowest BCUT2D eigenvalue weighted by Gasteiger charge is -2.16. The molecule has 1 fully saturated rings. The number of hydrogen-bond donors (Lipinski definition) is 5. The first kappa shape index (κ1) is 24.2. The molecule has 5 rings (SSSR count). The van der Waals surface area contributed by atoms with Gasteiger partial charge in [-0.25, -0.2) is 24.6 Å². The number of nitrogens with two attached hydrogens (primary N) is 1. The lowest BCUT2D eigenvalue weighted by molar-refractivity contribution is -0.137. The molecule has 5 heterocycles. The zero-order chi connectivity index (χ0) is 25.9. The Morgan fingerprint density at radius 3 is 2.92 bits per heavy atom. The number of nitrogens with one attached hydrogen (secondary N) is 1. The van der Waals surface area contributed by atoms with Gasteiger partial charge in [-0.3, -0.25) is 9.36 Å². The van der Waals surface area contributed by atoms with Crippen molar-refractivity contribution >= 4 is 29.1 Å². The van der Waals surface area contributed by atoms with Crippen LogP contribution in [-0.2, 0) is 22.5 Å². The van der Waals surface area contributed by atoms with Crippen molar-refractivity contribution in [3.8, 4) is 0 Å². The van der Waals surface area contributed by atoms with Crippen LogP contribution in [0.4, 0.5) is 5.82 Å². The van der Waals surface area contributed by atoms with E-state index in [-0.39, 0.29) is 12.4 Å². The molecular weight excluding hydrogens is 486 g/mol. The van der Waals surface area contributed by atoms with E-state index >= 15 is 0 Å². The standard InChI is InChI=1S/C21H23N11O5/c22-18-14-19(25-9-24-18)32(10-26-14)21-16(34)15(33)17(37-21)20(35)23-5-4-13-8-31(30-29-13)7-12-3-1-2-11(28-12)6-27-36/h1-3,6,8-10,15-17,21,33-34,36H,4-5,7H2,(H,23,35)(H2,22,24,25)/b27-6-/t15-,16+,17-,21+/m0/s1. The van der Waals surface area contributed by atoms with Crippen LogP contribution >= 0.6 is 0 Å². The van der Waals surface area contributed by atoms with Gasteiger partial charge in [0.25, 0.3) is 5.91 Å². The highest BCUT2D eigenvalue weighted by atomic mass is 16.6. The molecule has 37 heavy (non-hydrogen) atoms. The van der Waals surface area contributed by atoms with E-state index in [0.717, 1.165) is 0 Å². The van der Waals surface area contributed by atoms with Crippen molar-refractivity contribution in [3.05, 3.63) is 54.1 Å². The number of carbonyl (C=O) groups is 1. The van der Waals surface area contributed by atoms with Crippen molar-refractivity contribution in [2.45, 2.75) is 37.5 Å². The third-order valence-corrected chi connectivity index (χ3v) is 5.77. The first-order valence-electron chi connectivity index (χ1n) is 11.2. The number of aliphatic hydroxyl groups excluding tert-OH is 2. The molecule has 0 aliphatic carbocycles. The summed E-state index contributed by atoms with van der Waals surface area (Å²) >= 11 is 0. The van der Waals surface area contributed by atoms with E-state index in [0.29, 0.717) is 41.2 Å². The van der Waals surface area contributed by atoms with Crippen molar-refractivity contribution in [2.24, 2.45) is 5.16 Å². The molecule has 4 aromatic rings. The van der Waals surface area contributed by atoms with Gasteiger partial charge < -0.3 is 31.2 Å². The zero-order valence-corrected chi connectivity index (χ0v) is 19.2. The second kappa shape index (κ2) is 10.2. The fourth-order valence-corrected chi connectivity index (χ4v) is 3.99. The van der Waals surface area contributed by atoms with Crippen molar-refractivity contribution in [1.82, 2.24) is 44.8 Å². The second-order valence-corrected chi connectivity index (χ2v) is 8.26. The molecule has 16 heteroatoms. The SMILES string of the molecule is Nc1ncnc2c1ncn2[C@@H]1O[C@H](C(=O)NCCc2cn(Cc3cccc(/C=N\O)n3)nn2)[C@@H](O)[C@H]1O. The van der Waals surface area contributed by atoms with Gasteiger partial charge in [-0.2, -0.15) is 0 Å². The number of amides is 1. The quantitative estimate of drug-likeness (QED) is 0.101. The topological polar surface area (TPSA) is 225 Å². The van der Waals surface area contributed by atoms with Crippen LogP contribution in [0, 0.1) is 0 Å². The fourth-order valence-electron chi connectivity index (χ4n) is 3.99. The van der Waals surface area contributed by atoms with Gasteiger partial charge in [0.05, 0.1) is 36.2 Å². The number of nitrogens with zero attached hydrogens (tertiary/aromatic N) is 9. The number of ether oxygens (including phenoxy) is 1. The Morgan fingerprint density at radius 2 is 2.08 bits per heavy atom. The van der Waals surface area contributed by atoms with Gasteiger partial charge in [0.2, 0.25) is 0 Å². The summed E-state index contributed by atoms with van der Waals surface area (Å²) in [6.07, 6.45) is 0.634. The van der Waals surface area contributed by atoms with E-state index in [1.807, 2.05) is 0 Å². The van der Waals surface area contributed by atoms with Gasteiger partial charge in [-0.15, -0.1) is 5.10 Å². The van der Waals surface area contributed by atoms with Crippen molar-refractivity contribution in [2.75, 3.05) is 12.3 Å². The van der Waals surface area contributed by atoms with Crippen molar-refractivity contribution in [1.29, 1.82) is 0 Å². The second-order valence-electron chi connectivity index (χ2n) is 8.26. The number of aromatic nitrogens is 8. The minimum absolute atomic E-state index is 0.156. The lowest BCUT2D eigenvalue weighted by atomic mass is 10.1. The molecule has 0 bridgehead atoms. The van der Waals surface area contributed by atoms with Crippen LogP contribution in [0.15, 0.2) is 42.2 Å². The van der Waals surface area contributed by atoms with E-state index in [1.165, 1.54) is 23.4 Å². The van der Waals surface area contributed by atoms with E-state index in [4.69, 9.17) is 15.7 Å². The van der Waals surface area contributed by atoms with Crippen LogP contribution in [-0.4, -0.2) is 91.9 Å². The van der Waals surface area contributed by atoms with Gasteiger partial charge in [-0.1, -0.05) is 16.4 Å². The summed E-state index contributed by atoms with van der Waals surface area (Å²) in [6.45, 7) is 0.552. The Bertz CT molecular complexity index is 1440. The first-order chi connectivity index (χ1) is 17.9. The zero-order valence-electron chi connectivity index (χ0n) is 19.2. The molecule has 1 saturated heterocycles. The van der Waals surface area contributed by atoms with E-state index in [9.17, 15) is 15.0 Å². The minimum atomic E-state index is -1.47. The Morgan fingerprint density at radius 1 is 1.22 bits per heavy atom. The van der Waals surface area contributed by atoms with Crippen molar-refractivity contribution in [3.63, 3.8) is 0 Å². The summed E-state index contributed by atoms with van der Waals surface area (Å²) < 4.78 is 8.68. The fraction of sp³-hybridized carbons (Fsp3) is 0.333. The molecule has 6 N–H and O–H groups in total. The maximum Gasteiger partial charge on any atom is 0.252 e. The third kappa shape index (κ3) is 4.92. The number of anilines is 1. The number of rotatable bonds is 8. The van der Waals surface area contributed by atoms with Crippen LogP contribution < -0.4 is 11.1 Å². The minimum Gasteiger partial charge on any atom is -0.411 e. The molecule has 0 unspecified atom stereocenters. The maximum atomic E-state index is 12.7. The smallest absolute Gasteiger partial charge is 0.252 e. The Balaban J connectivity index is 1.16. The highest BCUT2D eigenvalue weighted by molar-refractivity contribution is 5.82. The predicted molar refractivity (Wildman–Crippen MR) is 125 cm³/mol. The van der Waals surface area contributed by atoms with Crippen LogP contribution in [0.25, 0.3) is 11.2 Å². The van der Waals surface area contributed by atoms with Crippen LogP contribution in [0.2, 0.25) is 0 Å². The Hall–Kier alpha value is -4.54. The molecule has 4 aromatic heterocycles. The van der Waals surface area contributed by atoms with E-state index in [1.54, 1.807) is 29.1 Å². The summed E-state index contributed by atoms with van der Waals surface area (Å²) in [7, 11) is 0. The molecule has 1 aliphatic heterocycles.